The molecule has 7 N–H and O–H groups in total. The van der Waals surface area contributed by atoms with E-state index in [0.717, 1.165) is 0 Å². The number of nitrogens with two attached hydrogens (primary N) is 1. The van der Waals surface area contributed by atoms with Gasteiger partial charge in [-0.05, 0) is 15.9 Å². The summed E-state index contributed by atoms with van der Waals surface area (Å²) in [7, 11) is -2.27. The predicted molar refractivity (Wildman–Crippen MR) is 84.6 cm³/mol. The summed E-state index contributed by atoms with van der Waals surface area (Å²) >= 11 is 3.12. The summed E-state index contributed by atoms with van der Waals surface area (Å²) in [6.45, 7) is 0. The van der Waals surface area contributed by atoms with E-state index in [0.29, 0.717) is 0 Å². The van der Waals surface area contributed by atoms with Gasteiger partial charge in [-0.25, -0.2) is 4.98 Å². The van der Waals surface area contributed by atoms with E-state index in [4.69, 9.17) is 25.4 Å². The largest absolute Gasteiger partial charge is 0.387 e. The van der Waals surface area contributed by atoms with Gasteiger partial charge >= 0.3 is 0 Å². The Hall–Kier alpha value is -1.22. The molecule has 0 bridgehead atoms. The summed E-state index contributed by atoms with van der Waals surface area (Å²) in [5.41, 5.74) is 4.86. The smallest absolute Gasteiger partial charge is 0.280 e. The van der Waals surface area contributed by atoms with Gasteiger partial charge in [0.25, 0.3) is 5.56 Å². The number of anilines is 1. The van der Waals surface area contributed by atoms with Gasteiger partial charge in [-0.3, -0.25) is 14.3 Å². The number of fused-ring (bicyclic) bond motifs is 1. The summed E-state index contributed by atoms with van der Waals surface area (Å²) < 4.78 is 11.1. The zero-order chi connectivity index (χ0) is 18.3. The first-order valence-corrected chi connectivity index (χ1v) is 8.88. The Balaban J connectivity index is 1.93. The molecule has 1 saturated heterocycles. The van der Waals surface area contributed by atoms with Crippen molar-refractivity contribution in [2.24, 2.45) is 0 Å². The first kappa shape index (κ1) is 18.6. The van der Waals surface area contributed by atoms with Crippen LogP contribution in [0.25, 0.3) is 11.2 Å². The van der Waals surface area contributed by atoms with Gasteiger partial charge in [0.1, 0.15) is 18.6 Å². The molecule has 5 atom stereocenters. The summed E-state index contributed by atoms with van der Waals surface area (Å²) in [4.78, 5) is 35.9. The van der Waals surface area contributed by atoms with Crippen LogP contribution in [0.4, 0.5) is 5.95 Å². The van der Waals surface area contributed by atoms with E-state index < -0.39 is 45.0 Å². The number of nitrogens with one attached hydrogen (secondary N) is 1. The highest BCUT2D eigenvalue weighted by atomic mass is 79.9. The maximum atomic E-state index is 11.9. The molecule has 25 heavy (non-hydrogen) atoms. The van der Waals surface area contributed by atoms with Crippen LogP contribution in [0, 0.1) is 0 Å². The van der Waals surface area contributed by atoms with Crippen LogP contribution in [0.2, 0.25) is 0 Å². The number of aromatic amines is 1. The van der Waals surface area contributed by atoms with Crippen LogP contribution in [-0.2, 0) is 14.3 Å². The number of H-pyrrole nitrogens is 1. The van der Waals surface area contributed by atoms with Gasteiger partial charge in [0, 0.05) is 0 Å². The molecule has 0 aromatic carbocycles. The van der Waals surface area contributed by atoms with Gasteiger partial charge in [0.2, 0.25) is 20.6 Å². The molecule has 138 valence electrons. The van der Waals surface area contributed by atoms with E-state index in [-0.39, 0.29) is 21.8 Å². The minimum Gasteiger partial charge on any atom is -0.387 e. The summed E-state index contributed by atoms with van der Waals surface area (Å²) in [6, 6.07) is 0. The molecule has 13 nitrogen and oxygen atoms in total. The molecule has 15 heteroatoms. The van der Waals surface area contributed by atoms with Gasteiger partial charge in [-0.15, -0.1) is 0 Å². The second-order valence-corrected chi connectivity index (χ2v) is 6.76. The lowest BCUT2D eigenvalue weighted by molar-refractivity contribution is -0.332. The van der Waals surface area contributed by atoms with Crippen molar-refractivity contribution in [3.05, 3.63) is 15.1 Å². The van der Waals surface area contributed by atoms with E-state index in [1.54, 1.807) is 0 Å². The number of nitrogen functional groups attached to an aromatic ring is 1. The number of rotatable bonds is 5. The molecule has 0 aliphatic carbocycles. The summed E-state index contributed by atoms with van der Waals surface area (Å²) in [5.74, 6) is -0.177. The maximum absolute atomic E-state index is 11.9. The number of halogens is 1. The Labute approximate surface area is 147 Å². The van der Waals surface area contributed by atoms with Crippen molar-refractivity contribution in [2.75, 3.05) is 12.1 Å². The van der Waals surface area contributed by atoms with Crippen LogP contribution >= 0.6 is 24.3 Å². The normalized spacial score (nSPS) is 27.9. The number of nitrogens with zero attached hydrogens (tertiary/aromatic N) is 3. The Bertz CT molecular complexity index is 831. The molecule has 1 aliphatic rings. The molecule has 0 radical (unpaired) electrons. The first-order valence-electron chi connectivity index (χ1n) is 6.69. The highest BCUT2D eigenvalue weighted by Crippen LogP contribution is 2.37. The number of aliphatic hydroxyl groups is 3. The maximum Gasteiger partial charge on any atom is 0.280 e. The fraction of sp³-hybridized carbons (Fsp3) is 0.500. The van der Waals surface area contributed by atoms with Crippen LogP contribution < -0.4 is 11.3 Å². The van der Waals surface area contributed by atoms with Gasteiger partial charge < -0.3 is 30.7 Å². The van der Waals surface area contributed by atoms with Crippen LogP contribution in [0.15, 0.2) is 9.53 Å². The minimum atomic E-state index is -2.27. The number of hydrogen-bond acceptors (Lipinski definition) is 11. The van der Waals surface area contributed by atoms with E-state index in [1.165, 1.54) is 4.57 Å². The minimum absolute atomic E-state index is 0.00529. The monoisotopic (exact) mass is 441 g/mol. The molecule has 0 amide bonds. The SMILES string of the molecule is Nc1nc2c(nc(Br)n2[C@@H]2O[C@H](OOP(O)CO)[C@H](O)C2O)c(=O)[nH]1. The van der Waals surface area contributed by atoms with E-state index in [2.05, 4.69) is 35.6 Å². The molecule has 2 aromatic heterocycles. The van der Waals surface area contributed by atoms with E-state index in [9.17, 15) is 15.0 Å². The van der Waals surface area contributed by atoms with Gasteiger partial charge in [0.05, 0.1) is 0 Å². The first-order chi connectivity index (χ1) is 11.8. The van der Waals surface area contributed by atoms with Crippen molar-refractivity contribution in [3.63, 3.8) is 0 Å². The Morgan fingerprint density at radius 2 is 2.12 bits per heavy atom. The number of aliphatic hydroxyl groups excluding tert-OH is 3. The summed E-state index contributed by atoms with van der Waals surface area (Å²) in [6.07, 6.45) is -6.49. The van der Waals surface area contributed by atoms with Gasteiger partial charge in [-0.2, -0.15) is 14.5 Å². The van der Waals surface area contributed by atoms with Crippen molar-refractivity contribution in [1.29, 1.82) is 0 Å². The molecule has 1 fully saturated rings. The molecular formula is C10H13BrN5O8P. The molecule has 2 aromatic rings. The lowest BCUT2D eigenvalue weighted by atomic mass is 10.2. The van der Waals surface area contributed by atoms with Crippen molar-refractivity contribution in [2.45, 2.75) is 24.7 Å². The van der Waals surface area contributed by atoms with Gasteiger partial charge in [-0.1, -0.05) is 0 Å². The Morgan fingerprint density at radius 3 is 2.80 bits per heavy atom. The summed E-state index contributed by atoms with van der Waals surface area (Å²) in [5, 5.41) is 28.9. The highest BCUT2D eigenvalue weighted by Gasteiger charge is 2.47. The van der Waals surface area contributed by atoms with E-state index >= 15 is 0 Å². The Kier molecular flexibility index (Phi) is 5.34. The second-order valence-electron chi connectivity index (χ2n) is 4.91. The topological polar surface area (TPSA) is 198 Å². The van der Waals surface area contributed by atoms with Gasteiger partial charge in [0.15, 0.2) is 22.1 Å². The lowest BCUT2D eigenvalue weighted by Crippen LogP contribution is -2.32. The predicted octanol–water partition coefficient (Wildman–Crippen LogP) is -1.76. The molecule has 0 spiro atoms. The van der Waals surface area contributed by atoms with Crippen LogP contribution in [0.3, 0.4) is 0 Å². The lowest BCUT2D eigenvalue weighted by Gasteiger charge is -2.17. The number of aromatic nitrogens is 4. The average Bonchev–Trinajstić information content (AvgIpc) is 3.03. The van der Waals surface area contributed by atoms with Crippen molar-refractivity contribution < 1.29 is 34.5 Å². The standard InChI is InChI=1S/C10H13BrN5O8P/c11-9-13-2-5(14-10(12)15-6(2)20)16(9)7-3(18)4(19)8(22-7)23-24-25(21)1-17/h3-4,7-8,17-19,21H,1H2,(H3,12,14,15,20)/t3?,4-,7-,8-,25?/m1/s1. The zero-order valence-electron chi connectivity index (χ0n) is 12.2. The average molecular weight is 442 g/mol. The van der Waals surface area contributed by atoms with Crippen molar-refractivity contribution >= 4 is 41.4 Å². The molecule has 3 heterocycles. The van der Waals surface area contributed by atoms with Crippen LogP contribution in [-0.4, -0.2) is 64.6 Å². The Morgan fingerprint density at radius 1 is 1.40 bits per heavy atom. The fourth-order valence-electron chi connectivity index (χ4n) is 2.24. The molecule has 1 aliphatic heterocycles. The van der Waals surface area contributed by atoms with Crippen molar-refractivity contribution in [1.82, 2.24) is 19.5 Å². The fourth-order valence-corrected chi connectivity index (χ4v) is 3.02. The number of ether oxygens (including phenoxy) is 1. The third-order valence-corrected chi connectivity index (χ3v) is 4.38. The number of imidazole rings is 1. The van der Waals surface area contributed by atoms with Crippen LogP contribution in [0.1, 0.15) is 6.23 Å². The molecule has 0 saturated carbocycles. The third-order valence-electron chi connectivity index (χ3n) is 3.32. The van der Waals surface area contributed by atoms with E-state index in [1.807, 2.05) is 0 Å². The number of hydrogen-bond donors (Lipinski definition) is 6. The zero-order valence-corrected chi connectivity index (χ0v) is 14.7. The molecule has 2 unspecified atom stereocenters. The second kappa shape index (κ2) is 7.19. The van der Waals surface area contributed by atoms with Crippen molar-refractivity contribution in [3.8, 4) is 0 Å². The quantitative estimate of drug-likeness (QED) is 0.133. The third kappa shape index (κ3) is 3.40. The van der Waals surface area contributed by atoms with Crippen LogP contribution in [0.5, 0.6) is 0 Å². The molecular weight excluding hydrogens is 429 g/mol. The highest BCUT2D eigenvalue weighted by molar-refractivity contribution is 9.10. The molecule has 3 rings (SSSR count).